The van der Waals surface area contributed by atoms with Gasteiger partial charge in [-0.15, -0.1) is 0 Å². The highest BCUT2D eigenvalue weighted by Crippen LogP contribution is 2.38. The van der Waals surface area contributed by atoms with Gasteiger partial charge in [0, 0.05) is 12.7 Å². The van der Waals surface area contributed by atoms with Gasteiger partial charge in [0.15, 0.2) is 0 Å². The molecule has 0 aliphatic rings. The Hall–Kier alpha value is 0.240. The lowest BCUT2D eigenvalue weighted by atomic mass is 10.1. The predicted octanol–water partition coefficient (Wildman–Crippen LogP) is 3.01. The van der Waals surface area contributed by atoms with Gasteiger partial charge in [-0.2, -0.15) is 0 Å². The Morgan fingerprint density at radius 1 is 1.29 bits per heavy atom. The Balaban J connectivity index is 3.33. The van der Waals surface area contributed by atoms with Crippen molar-refractivity contribution >= 4 is 45.2 Å². The van der Waals surface area contributed by atoms with Gasteiger partial charge in [-0.05, 0) is 58.2 Å². The molecule has 0 fully saturated rings. The third-order valence-electron chi connectivity index (χ3n) is 1.98. The van der Waals surface area contributed by atoms with Crippen LogP contribution in [-0.2, 0) is 4.74 Å². The molecule has 0 saturated carbocycles. The lowest BCUT2D eigenvalue weighted by molar-refractivity contribution is 0.116. The number of benzene rings is 1. The summed E-state index contributed by atoms with van der Waals surface area (Å²) in [7, 11) is 1.56. The second kappa shape index (κ2) is 4.84. The summed E-state index contributed by atoms with van der Waals surface area (Å²) in [6, 6.07) is 1.54. The molecule has 0 bridgehead atoms. The summed E-state index contributed by atoms with van der Waals surface area (Å²) in [5, 5.41) is 19.4. The maximum absolute atomic E-state index is 9.80. The van der Waals surface area contributed by atoms with Crippen LogP contribution in [0.15, 0.2) is 6.07 Å². The first-order valence-corrected chi connectivity index (χ1v) is 6.07. The third kappa shape index (κ3) is 2.25. The van der Waals surface area contributed by atoms with E-state index in [1.807, 2.05) is 52.1 Å². The molecular weight excluding hydrogens is 410 g/mol. The van der Waals surface area contributed by atoms with Gasteiger partial charge in [-0.25, -0.2) is 0 Å². The maximum atomic E-state index is 9.80. The van der Waals surface area contributed by atoms with Crippen LogP contribution in [0.3, 0.4) is 0 Å². The summed E-state index contributed by atoms with van der Waals surface area (Å²) < 4.78 is 6.40. The molecule has 3 nitrogen and oxygen atoms in total. The van der Waals surface area contributed by atoms with Crippen molar-refractivity contribution in [1.29, 1.82) is 0 Å². The molecule has 1 aromatic carbocycles. The first-order valence-electron chi connectivity index (χ1n) is 3.91. The minimum absolute atomic E-state index is 0.173. The molecule has 0 radical (unpaired) electrons. The van der Waals surface area contributed by atoms with Crippen molar-refractivity contribution in [1.82, 2.24) is 0 Å². The molecule has 5 heteroatoms. The van der Waals surface area contributed by atoms with Gasteiger partial charge < -0.3 is 14.9 Å². The molecule has 1 aromatic rings. The first kappa shape index (κ1) is 12.3. The fourth-order valence-electron chi connectivity index (χ4n) is 1.06. The highest BCUT2D eigenvalue weighted by atomic mass is 127. The molecule has 0 saturated heterocycles. The van der Waals surface area contributed by atoms with E-state index in [1.54, 1.807) is 7.11 Å². The fourth-order valence-corrected chi connectivity index (χ4v) is 2.06. The van der Waals surface area contributed by atoms with E-state index < -0.39 is 0 Å². The molecule has 0 aliphatic carbocycles. The Kier molecular flexibility index (Phi) is 4.26. The highest BCUT2D eigenvalue weighted by molar-refractivity contribution is 14.1. The quantitative estimate of drug-likeness (QED) is 0.572. The van der Waals surface area contributed by atoms with Crippen molar-refractivity contribution in [2.75, 3.05) is 7.11 Å². The van der Waals surface area contributed by atoms with Crippen LogP contribution in [0.25, 0.3) is 0 Å². The van der Waals surface area contributed by atoms with Crippen LogP contribution >= 0.6 is 45.2 Å². The van der Waals surface area contributed by atoms with Crippen molar-refractivity contribution in [2.24, 2.45) is 0 Å². The summed E-state index contributed by atoms with van der Waals surface area (Å²) in [6.07, 6.45) is -0.230. The molecule has 0 aromatic heterocycles. The van der Waals surface area contributed by atoms with Crippen LogP contribution in [0, 0.1) is 7.14 Å². The largest absolute Gasteiger partial charge is 0.507 e. The standard InChI is InChI=1S/C9H10I2O3/c1-4(14-2)5-3-6(12)7(10)8(11)9(5)13/h3-4,12-13H,1-2H3. The zero-order valence-electron chi connectivity index (χ0n) is 7.71. The minimum Gasteiger partial charge on any atom is -0.507 e. The second-order valence-electron chi connectivity index (χ2n) is 2.84. The average molecular weight is 420 g/mol. The number of hydrogen-bond donors (Lipinski definition) is 2. The van der Waals surface area contributed by atoms with E-state index in [0.29, 0.717) is 12.7 Å². The van der Waals surface area contributed by atoms with E-state index in [4.69, 9.17) is 4.74 Å². The van der Waals surface area contributed by atoms with Gasteiger partial charge >= 0.3 is 0 Å². The molecule has 0 aliphatic heterocycles. The highest BCUT2D eigenvalue weighted by Gasteiger charge is 2.17. The van der Waals surface area contributed by atoms with Gasteiger partial charge in [-0.1, -0.05) is 0 Å². The monoisotopic (exact) mass is 420 g/mol. The number of ether oxygens (including phenoxy) is 1. The number of hydrogen-bond acceptors (Lipinski definition) is 3. The van der Waals surface area contributed by atoms with E-state index >= 15 is 0 Å². The molecule has 14 heavy (non-hydrogen) atoms. The zero-order valence-corrected chi connectivity index (χ0v) is 12.0. The van der Waals surface area contributed by atoms with Gasteiger partial charge in [-0.3, -0.25) is 0 Å². The Morgan fingerprint density at radius 2 is 1.86 bits per heavy atom. The minimum atomic E-state index is -0.230. The van der Waals surface area contributed by atoms with E-state index in [1.165, 1.54) is 6.07 Å². The summed E-state index contributed by atoms with van der Waals surface area (Å²) in [5.74, 6) is 0.355. The summed E-state index contributed by atoms with van der Waals surface area (Å²) in [4.78, 5) is 0. The van der Waals surface area contributed by atoms with Gasteiger partial charge in [0.05, 0.1) is 13.2 Å². The maximum Gasteiger partial charge on any atom is 0.136 e. The molecule has 0 spiro atoms. The summed E-state index contributed by atoms with van der Waals surface area (Å²) in [6.45, 7) is 1.82. The van der Waals surface area contributed by atoms with E-state index in [-0.39, 0.29) is 17.6 Å². The van der Waals surface area contributed by atoms with E-state index in [9.17, 15) is 10.2 Å². The molecule has 2 N–H and O–H groups in total. The van der Waals surface area contributed by atoms with Crippen molar-refractivity contribution in [3.63, 3.8) is 0 Å². The second-order valence-corrected chi connectivity index (χ2v) is 5.00. The van der Waals surface area contributed by atoms with Crippen LogP contribution < -0.4 is 0 Å². The zero-order chi connectivity index (χ0) is 10.9. The average Bonchev–Trinajstić information content (AvgIpc) is 2.19. The SMILES string of the molecule is COC(C)c1cc(O)c(I)c(I)c1O. The molecule has 78 valence electrons. The topological polar surface area (TPSA) is 49.7 Å². The Labute approximate surface area is 110 Å². The van der Waals surface area contributed by atoms with Crippen molar-refractivity contribution in [3.8, 4) is 11.5 Å². The number of methoxy groups -OCH3 is 1. The van der Waals surface area contributed by atoms with Crippen molar-refractivity contribution in [2.45, 2.75) is 13.0 Å². The smallest absolute Gasteiger partial charge is 0.136 e. The number of phenolic OH excluding ortho intramolecular Hbond substituents is 2. The van der Waals surface area contributed by atoms with Crippen LogP contribution in [0.1, 0.15) is 18.6 Å². The summed E-state index contributed by atoms with van der Waals surface area (Å²) in [5.41, 5.74) is 0.606. The van der Waals surface area contributed by atoms with Gasteiger partial charge in [0.25, 0.3) is 0 Å². The van der Waals surface area contributed by atoms with E-state index in [2.05, 4.69) is 0 Å². The van der Waals surface area contributed by atoms with Gasteiger partial charge in [0.2, 0.25) is 0 Å². The number of aromatic hydroxyl groups is 2. The third-order valence-corrected chi connectivity index (χ3v) is 5.16. The molecule has 0 heterocycles. The molecule has 1 atom stereocenters. The Morgan fingerprint density at radius 3 is 2.36 bits per heavy atom. The first-order chi connectivity index (χ1) is 6.49. The Bertz CT molecular complexity index is 352. The normalized spacial score (nSPS) is 12.9. The molecule has 1 unspecified atom stereocenters. The number of rotatable bonds is 2. The lowest BCUT2D eigenvalue weighted by Gasteiger charge is -2.14. The molecule has 1 rings (SSSR count). The van der Waals surface area contributed by atoms with Crippen molar-refractivity contribution in [3.05, 3.63) is 18.8 Å². The molecule has 0 amide bonds. The fraction of sp³-hybridized carbons (Fsp3) is 0.333. The number of phenols is 2. The van der Waals surface area contributed by atoms with Crippen LogP contribution in [-0.4, -0.2) is 17.3 Å². The van der Waals surface area contributed by atoms with E-state index in [0.717, 1.165) is 0 Å². The van der Waals surface area contributed by atoms with Crippen molar-refractivity contribution < 1.29 is 14.9 Å². The molecular formula is C9H10I2O3. The van der Waals surface area contributed by atoms with Crippen LogP contribution in [0.4, 0.5) is 0 Å². The predicted molar refractivity (Wildman–Crippen MR) is 70.6 cm³/mol. The number of halogens is 2. The van der Waals surface area contributed by atoms with Gasteiger partial charge in [0.1, 0.15) is 11.5 Å². The van der Waals surface area contributed by atoms with Crippen LogP contribution in [0.2, 0.25) is 0 Å². The van der Waals surface area contributed by atoms with Crippen LogP contribution in [0.5, 0.6) is 11.5 Å². The summed E-state index contributed by atoms with van der Waals surface area (Å²) >= 11 is 3.99. The lowest BCUT2D eigenvalue weighted by Crippen LogP contribution is -1.98.